The van der Waals surface area contributed by atoms with Crippen molar-refractivity contribution in [3.8, 4) is 0 Å². The second-order valence-corrected chi connectivity index (χ2v) is 3.55. The van der Waals surface area contributed by atoms with E-state index in [1.807, 2.05) is 25.1 Å². The van der Waals surface area contributed by atoms with Crippen molar-refractivity contribution in [2.45, 2.75) is 13.3 Å². The first-order valence-electron chi connectivity index (χ1n) is 4.77. The predicted octanol–water partition coefficient (Wildman–Crippen LogP) is 2.46. The van der Waals surface area contributed by atoms with Gasteiger partial charge in [0, 0.05) is 14.1 Å². The van der Waals surface area contributed by atoms with Crippen LogP contribution in [0.1, 0.15) is 12.5 Å². The molecule has 74 valence electrons. The van der Waals surface area contributed by atoms with Gasteiger partial charge in [-0.25, -0.2) is 0 Å². The summed E-state index contributed by atoms with van der Waals surface area (Å²) < 4.78 is 5.59. The smallest absolute Gasteiger partial charge is 0.297 e. The summed E-state index contributed by atoms with van der Waals surface area (Å²) >= 11 is 0. The normalized spacial score (nSPS) is 10.8. The van der Waals surface area contributed by atoms with Gasteiger partial charge < -0.3 is 9.32 Å². The Kier molecular flexibility index (Phi) is 2.15. The van der Waals surface area contributed by atoms with Crippen molar-refractivity contribution in [1.82, 2.24) is 4.98 Å². The Hall–Kier alpha value is -1.51. The van der Waals surface area contributed by atoms with E-state index in [2.05, 4.69) is 24.0 Å². The van der Waals surface area contributed by atoms with Gasteiger partial charge in [-0.15, -0.1) is 0 Å². The number of benzene rings is 1. The van der Waals surface area contributed by atoms with Crippen molar-refractivity contribution in [3.63, 3.8) is 0 Å². The molecule has 1 aromatic carbocycles. The molecule has 3 heteroatoms. The molecule has 0 saturated carbocycles. The highest BCUT2D eigenvalue weighted by molar-refractivity contribution is 5.75. The van der Waals surface area contributed by atoms with Crippen molar-refractivity contribution in [2.24, 2.45) is 0 Å². The lowest BCUT2D eigenvalue weighted by atomic mass is 10.2. The van der Waals surface area contributed by atoms with E-state index in [9.17, 15) is 0 Å². The van der Waals surface area contributed by atoms with Crippen molar-refractivity contribution >= 4 is 17.1 Å². The molecule has 14 heavy (non-hydrogen) atoms. The minimum absolute atomic E-state index is 0.660. The molecule has 0 radical (unpaired) electrons. The average Bonchev–Trinajstić information content (AvgIpc) is 2.59. The Morgan fingerprint density at radius 2 is 2.14 bits per heavy atom. The number of oxazole rings is 1. The second kappa shape index (κ2) is 3.33. The van der Waals surface area contributed by atoms with Crippen LogP contribution in [-0.4, -0.2) is 19.1 Å². The van der Waals surface area contributed by atoms with Gasteiger partial charge in [0.25, 0.3) is 6.01 Å². The molecule has 2 rings (SSSR count). The Balaban J connectivity index is 2.54. The maximum Gasteiger partial charge on any atom is 0.297 e. The molecule has 1 aromatic heterocycles. The van der Waals surface area contributed by atoms with E-state index in [1.54, 1.807) is 0 Å². The maximum absolute atomic E-state index is 5.59. The summed E-state index contributed by atoms with van der Waals surface area (Å²) in [7, 11) is 3.84. The molecular weight excluding hydrogens is 176 g/mol. The number of rotatable bonds is 2. The minimum Gasteiger partial charge on any atom is -0.423 e. The Morgan fingerprint density at radius 1 is 1.36 bits per heavy atom. The number of hydrogen-bond donors (Lipinski definition) is 0. The molecule has 0 amide bonds. The summed E-state index contributed by atoms with van der Waals surface area (Å²) in [5.74, 6) is 0. The zero-order chi connectivity index (χ0) is 10.1. The molecule has 3 nitrogen and oxygen atoms in total. The lowest BCUT2D eigenvalue weighted by Gasteiger charge is -2.03. The predicted molar refractivity (Wildman–Crippen MR) is 57.7 cm³/mol. The molecule has 0 fully saturated rings. The molecule has 0 unspecified atom stereocenters. The van der Waals surface area contributed by atoms with E-state index in [0.29, 0.717) is 6.01 Å². The fourth-order valence-corrected chi connectivity index (χ4v) is 1.37. The van der Waals surface area contributed by atoms with E-state index in [1.165, 1.54) is 5.56 Å². The van der Waals surface area contributed by atoms with E-state index in [0.717, 1.165) is 17.5 Å². The highest BCUT2D eigenvalue weighted by Gasteiger charge is 2.06. The van der Waals surface area contributed by atoms with Crippen LogP contribution in [-0.2, 0) is 6.42 Å². The summed E-state index contributed by atoms with van der Waals surface area (Å²) in [6, 6.07) is 6.80. The topological polar surface area (TPSA) is 29.3 Å². The van der Waals surface area contributed by atoms with Crippen LogP contribution in [0.25, 0.3) is 11.1 Å². The zero-order valence-electron chi connectivity index (χ0n) is 8.74. The lowest BCUT2D eigenvalue weighted by Crippen LogP contribution is -2.08. The van der Waals surface area contributed by atoms with E-state index in [-0.39, 0.29) is 0 Å². The Bertz CT molecular complexity index is 445. The summed E-state index contributed by atoms with van der Waals surface area (Å²) in [6.07, 6.45) is 1.02. The fourth-order valence-electron chi connectivity index (χ4n) is 1.37. The minimum atomic E-state index is 0.660. The molecule has 0 bridgehead atoms. The van der Waals surface area contributed by atoms with Crippen molar-refractivity contribution < 1.29 is 4.42 Å². The van der Waals surface area contributed by atoms with Crippen LogP contribution >= 0.6 is 0 Å². The lowest BCUT2D eigenvalue weighted by molar-refractivity contribution is 0.596. The van der Waals surface area contributed by atoms with Gasteiger partial charge in [-0.1, -0.05) is 13.0 Å². The average molecular weight is 190 g/mol. The standard InChI is InChI=1S/C11H14N2O/c1-4-8-5-6-9-10(7-8)14-11(12-9)13(2)3/h5-7H,4H2,1-3H3. The van der Waals surface area contributed by atoms with Crippen LogP contribution in [0.5, 0.6) is 0 Å². The highest BCUT2D eigenvalue weighted by atomic mass is 16.4. The SMILES string of the molecule is CCc1ccc2nc(N(C)C)oc2c1. The first kappa shape index (κ1) is 9.06. The van der Waals surface area contributed by atoms with Crippen LogP contribution < -0.4 is 4.90 Å². The van der Waals surface area contributed by atoms with Crippen LogP contribution in [0.4, 0.5) is 6.01 Å². The van der Waals surface area contributed by atoms with Crippen molar-refractivity contribution in [3.05, 3.63) is 23.8 Å². The fraction of sp³-hybridized carbons (Fsp3) is 0.364. The van der Waals surface area contributed by atoms with Crippen LogP contribution in [0.15, 0.2) is 22.6 Å². The van der Waals surface area contributed by atoms with E-state index >= 15 is 0 Å². The number of aryl methyl sites for hydroxylation is 1. The summed E-state index contributed by atoms with van der Waals surface area (Å²) in [5, 5.41) is 0. The van der Waals surface area contributed by atoms with Gasteiger partial charge in [0.2, 0.25) is 0 Å². The largest absolute Gasteiger partial charge is 0.423 e. The molecule has 1 heterocycles. The third kappa shape index (κ3) is 1.45. The van der Waals surface area contributed by atoms with Gasteiger partial charge in [0.05, 0.1) is 0 Å². The molecule has 0 aliphatic rings. The zero-order valence-corrected chi connectivity index (χ0v) is 8.74. The molecule has 0 aliphatic carbocycles. The number of nitrogens with zero attached hydrogens (tertiary/aromatic N) is 2. The Morgan fingerprint density at radius 3 is 2.79 bits per heavy atom. The first-order chi connectivity index (χ1) is 6.70. The third-order valence-corrected chi connectivity index (χ3v) is 2.23. The first-order valence-corrected chi connectivity index (χ1v) is 4.77. The number of anilines is 1. The molecule has 0 atom stereocenters. The second-order valence-electron chi connectivity index (χ2n) is 3.55. The summed E-state index contributed by atoms with van der Waals surface area (Å²) in [5.41, 5.74) is 3.07. The van der Waals surface area contributed by atoms with Gasteiger partial charge in [0.1, 0.15) is 5.52 Å². The highest BCUT2D eigenvalue weighted by Crippen LogP contribution is 2.21. The molecule has 0 spiro atoms. The van der Waals surface area contributed by atoms with E-state index < -0.39 is 0 Å². The molecule has 0 N–H and O–H groups in total. The number of aromatic nitrogens is 1. The Labute approximate surface area is 83.3 Å². The van der Waals surface area contributed by atoms with E-state index in [4.69, 9.17) is 4.42 Å². The monoisotopic (exact) mass is 190 g/mol. The van der Waals surface area contributed by atoms with Crippen molar-refractivity contribution in [1.29, 1.82) is 0 Å². The number of fused-ring (bicyclic) bond motifs is 1. The molecule has 2 aromatic rings. The summed E-state index contributed by atoms with van der Waals surface area (Å²) in [4.78, 5) is 6.21. The van der Waals surface area contributed by atoms with Crippen molar-refractivity contribution in [2.75, 3.05) is 19.0 Å². The molecule has 0 aliphatic heterocycles. The molecule has 0 saturated heterocycles. The van der Waals surface area contributed by atoms with Gasteiger partial charge in [-0.2, -0.15) is 4.98 Å². The maximum atomic E-state index is 5.59. The third-order valence-electron chi connectivity index (χ3n) is 2.23. The van der Waals surface area contributed by atoms with Gasteiger partial charge in [-0.05, 0) is 24.1 Å². The molecular formula is C11H14N2O. The van der Waals surface area contributed by atoms with Gasteiger partial charge in [-0.3, -0.25) is 0 Å². The van der Waals surface area contributed by atoms with Crippen LogP contribution in [0.2, 0.25) is 0 Å². The van der Waals surface area contributed by atoms with Gasteiger partial charge in [0.15, 0.2) is 5.58 Å². The summed E-state index contributed by atoms with van der Waals surface area (Å²) in [6.45, 7) is 2.13. The quantitative estimate of drug-likeness (QED) is 0.728. The van der Waals surface area contributed by atoms with Crippen LogP contribution in [0.3, 0.4) is 0 Å². The van der Waals surface area contributed by atoms with Gasteiger partial charge >= 0.3 is 0 Å². The van der Waals surface area contributed by atoms with Crippen LogP contribution in [0, 0.1) is 0 Å². The number of hydrogen-bond acceptors (Lipinski definition) is 3.